The second kappa shape index (κ2) is 5.75. The van der Waals surface area contributed by atoms with Crippen molar-refractivity contribution in [3.63, 3.8) is 0 Å². The zero-order chi connectivity index (χ0) is 17.1. The van der Waals surface area contributed by atoms with Crippen LogP contribution in [0.25, 0.3) is 0 Å². The van der Waals surface area contributed by atoms with E-state index in [1.807, 2.05) is 5.57 Å². The van der Waals surface area contributed by atoms with Crippen molar-refractivity contribution in [1.29, 1.82) is 0 Å². The van der Waals surface area contributed by atoms with Crippen LogP contribution in [0.3, 0.4) is 0 Å². The molecule has 0 spiro atoms. The molecule has 4 aliphatic rings. The summed E-state index contributed by atoms with van der Waals surface area (Å²) in [7, 11) is 0. The van der Waals surface area contributed by atoms with Crippen molar-refractivity contribution in [2.45, 2.75) is 85.5 Å². The molecule has 4 rings (SSSR count). The molecular formula is C24H38. The Labute approximate surface area is 150 Å². The predicted molar refractivity (Wildman–Crippen MR) is 104 cm³/mol. The molecule has 0 aromatic carbocycles. The Balaban J connectivity index is 1.74. The Hall–Kier alpha value is -0.520. The normalized spacial score (nSPS) is 53.2. The van der Waals surface area contributed by atoms with Crippen molar-refractivity contribution in [2.75, 3.05) is 0 Å². The van der Waals surface area contributed by atoms with Crippen LogP contribution in [0.5, 0.6) is 0 Å². The van der Waals surface area contributed by atoms with Gasteiger partial charge < -0.3 is 0 Å². The molecule has 4 aliphatic carbocycles. The first-order valence-electron chi connectivity index (χ1n) is 10.7. The SMILES string of the molecule is C=C(C)[C@H]1CC[C@@]2(C)CC[C@]3(C)C[C@@H]4C[C@H](C/C=C\3[C@H]12)CC[C@@H]4C. The summed E-state index contributed by atoms with van der Waals surface area (Å²) in [5.41, 5.74) is 4.35. The lowest BCUT2D eigenvalue weighted by Gasteiger charge is -2.53. The van der Waals surface area contributed by atoms with Crippen molar-refractivity contribution in [2.24, 2.45) is 40.4 Å². The molecule has 0 aliphatic heterocycles. The fourth-order valence-electron chi connectivity index (χ4n) is 7.25. The average Bonchev–Trinajstić information content (AvgIpc) is 2.86. The molecule has 134 valence electrons. The highest BCUT2D eigenvalue weighted by Gasteiger charge is 2.55. The summed E-state index contributed by atoms with van der Waals surface area (Å²) < 4.78 is 0. The Morgan fingerprint density at radius 2 is 1.92 bits per heavy atom. The molecule has 0 aromatic rings. The molecule has 0 N–H and O–H groups in total. The van der Waals surface area contributed by atoms with Gasteiger partial charge in [-0.1, -0.05) is 51.0 Å². The van der Waals surface area contributed by atoms with Gasteiger partial charge in [0.1, 0.15) is 0 Å². The molecule has 0 unspecified atom stereocenters. The van der Waals surface area contributed by atoms with E-state index in [9.17, 15) is 0 Å². The standard InChI is InChI=1S/C24H38/c1-16(2)20-10-11-23(4)12-13-24(5)15-19-14-18(7-6-17(19)3)8-9-21(24)22(20)23/h9,17-20,22H,1,6-8,10-15H2,2-5H3/b21-9-/t17-,18-,19-,20+,22-,23-,24+/m0/s1. The van der Waals surface area contributed by atoms with E-state index < -0.39 is 0 Å². The van der Waals surface area contributed by atoms with E-state index in [0.717, 1.165) is 29.6 Å². The molecular weight excluding hydrogens is 288 g/mol. The monoisotopic (exact) mass is 326 g/mol. The maximum atomic E-state index is 4.40. The largest absolute Gasteiger partial charge is 0.0998 e. The van der Waals surface area contributed by atoms with Crippen LogP contribution in [0.4, 0.5) is 0 Å². The number of hydrogen-bond donors (Lipinski definition) is 0. The van der Waals surface area contributed by atoms with Gasteiger partial charge in [-0.3, -0.25) is 0 Å². The van der Waals surface area contributed by atoms with Gasteiger partial charge in [-0.05, 0) is 98.7 Å². The van der Waals surface area contributed by atoms with E-state index in [1.165, 1.54) is 63.4 Å². The summed E-state index contributed by atoms with van der Waals surface area (Å²) in [6, 6.07) is 0. The molecule has 0 aromatic heterocycles. The zero-order valence-electron chi connectivity index (χ0n) is 16.5. The summed E-state index contributed by atoms with van der Waals surface area (Å²) in [4.78, 5) is 0. The first kappa shape index (κ1) is 16.9. The van der Waals surface area contributed by atoms with Crippen molar-refractivity contribution < 1.29 is 0 Å². The Morgan fingerprint density at radius 3 is 2.67 bits per heavy atom. The summed E-state index contributed by atoms with van der Waals surface area (Å²) >= 11 is 0. The highest BCUT2D eigenvalue weighted by molar-refractivity contribution is 5.30. The van der Waals surface area contributed by atoms with E-state index in [2.05, 4.69) is 40.3 Å². The van der Waals surface area contributed by atoms with Gasteiger partial charge in [0.25, 0.3) is 0 Å². The van der Waals surface area contributed by atoms with Crippen molar-refractivity contribution in [1.82, 2.24) is 0 Å². The van der Waals surface area contributed by atoms with Crippen molar-refractivity contribution >= 4 is 0 Å². The molecule has 0 heteroatoms. The van der Waals surface area contributed by atoms with E-state index in [4.69, 9.17) is 0 Å². The number of rotatable bonds is 1. The smallest absolute Gasteiger partial charge is 0.00784 e. The Bertz CT molecular complexity index is 554. The van der Waals surface area contributed by atoms with Crippen LogP contribution >= 0.6 is 0 Å². The maximum absolute atomic E-state index is 4.40. The molecule has 24 heavy (non-hydrogen) atoms. The molecule has 0 nitrogen and oxygen atoms in total. The summed E-state index contributed by atoms with van der Waals surface area (Å²) in [5, 5.41) is 0. The van der Waals surface area contributed by atoms with Gasteiger partial charge >= 0.3 is 0 Å². The van der Waals surface area contributed by atoms with Gasteiger partial charge in [0.15, 0.2) is 0 Å². The average molecular weight is 327 g/mol. The Kier molecular flexibility index (Phi) is 4.05. The molecule has 3 fully saturated rings. The van der Waals surface area contributed by atoms with Crippen molar-refractivity contribution in [3.8, 4) is 0 Å². The second-order valence-electron chi connectivity index (χ2n) is 10.7. The predicted octanol–water partition coefficient (Wildman–Crippen LogP) is 7.17. The molecule has 3 saturated carbocycles. The molecule has 0 amide bonds. The van der Waals surface area contributed by atoms with Crippen LogP contribution in [0.15, 0.2) is 23.8 Å². The van der Waals surface area contributed by atoms with Crippen LogP contribution in [0, 0.1) is 40.4 Å². The molecule has 2 bridgehead atoms. The van der Waals surface area contributed by atoms with Gasteiger partial charge in [-0.25, -0.2) is 0 Å². The summed E-state index contributed by atoms with van der Waals surface area (Å²) in [6.45, 7) is 14.5. The highest BCUT2D eigenvalue weighted by Crippen LogP contribution is 2.65. The summed E-state index contributed by atoms with van der Waals surface area (Å²) in [5.74, 6) is 4.44. The number of fused-ring (bicyclic) bond motifs is 5. The molecule has 0 radical (unpaired) electrons. The van der Waals surface area contributed by atoms with Gasteiger partial charge in [0.05, 0.1) is 0 Å². The van der Waals surface area contributed by atoms with Crippen LogP contribution < -0.4 is 0 Å². The van der Waals surface area contributed by atoms with Crippen molar-refractivity contribution in [3.05, 3.63) is 23.8 Å². The van der Waals surface area contributed by atoms with Gasteiger partial charge in [-0.15, -0.1) is 0 Å². The van der Waals surface area contributed by atoms with Crippen LogP contribution in [0.1, 0.15) is 85.5 Å². The lowest BCUT2D eigenvalue weighted by Crippen LogP contribution is -2.43. The minimum atomic E-state index is 0.476. The van der Waals surface area contributed by atoms with Gasteiger partial charge in [-0.2, -0.15) is 0 Å². The minimum Gasteiger partial charge on any atom is -0.0998 e. The van der Waals surface area contributed by atoms with E-state index >= 15 is 0 Å². The topological polar surface area (TPSA) is 0 Å². The first-order chi connectivity index (χ1) is 11.3. The first-order valence-corrected chi connectivity index (χ1v) is 10.7. The van der Waals surface area contributed by atoms with Gasteiger partial charge in [0.2, 0.25) is 0 Å². The van der Waals surface area contributed by atoms with E-state index in [1.54, 1.807) is 0 Å². The van der Waals surface area contributed by atoms with Crippen LogP contribution in [-0.4, -0.2) is 0 Å². The van der Waals surface area contributed by atoms with Crippen LogP contribution in [-0.2, 0) is 0 Å². The number of allylic oxidation sites excluding steroid dienone is 3. The van der Waals surface area contributed by atoms with E-state index in [0.29, 0.717) is 10.8 Å². The second-order valence-corrected chi connectivity index (χ2v) is 10.7. The number of hydrogen-bond acceptors (Lipinski definition) is 0. The van der Waals surface area contributed by atoms with Crippen LogP contribution in [0.2, 0.25) is 0 Å². The maximum Gasteiger partial charge on any atom is -0.00784 e. The molecule has 0 heterocycles. The summed E-state index contributed by atoms with van der Waals surface area (Å²) in [6.07, 6.45) is 15.7. The lowest BCUT2D eigenvalue weighted by molar-refractivity contribution is 0.0610. The third-order valence-electron chi connectivity index (χ3n) is 8.95. The fraction of sp³-hybridized carbons (Fsp3) is 0.833. The fourth-order valence-corrected chi connectivity index (χ4v) is 7.25. The molecule has 7 atom stereocenters. The van der Waals surface area contributed by atoms with Gasteiger partial charge in [0, 0.05) is 0 Å². The Morgan fingerprint density at radius 1 is 1.12 bits per heavy atom. The highest BCUT2D eigenvalue weighted by atomic mass is 14.6. The minimum absolute atomic E-state index is 0.476. The van der Waals surface area contributed by atoms with E-state index in [-0.39, 0.29) is 0 Å². The quantitative estimate of drug-likeness (QED) is 0.448. The molecule has 0 saturated heterocycles. The lowest BCUT2D eigenvalue weighted by atomic mass is 9.51. The third kappa shape index (κ3) is 2.55. The zero-order valence-corrected chi connectivity index (χ0v) is 16.5. The third-order valence-corrected chi connectivity index (χ3v) is 8.95.